The van der Waals surface area contributed by atoms with Crippen LogP contribution in [0.1, 0.15) is 25.2 Å². The van der Waals surface area contributed by atoms with Gasteiger partial charge < -0.3 is 0 Å². The maximum absolute atomic E-state index is 8.43. The van der Waals surface area contributed by atoms with Gasteiger partial charge in [0.2, 0.25) is 0 Å². The second-order valence-electron chi connectivity index (χ2n) is 5.26. The third-order valence-electron chi connectivity index (χ3n) is 2.89. The first-order valence-corrected chi connectivity index (χ1v) is 31.1. The van der Waals surface area contributed by atoms with E-state index in [4.69, 9.17) is 40.1 Å². The average Bonchev–Trinajstić information content (AvgIpc) is 3.71. The van der Waals surface area contributed by atoms with Crippen LogP contribution in [-0.2, 0) is 22.4 Å². The molecule has 3 aromatic rings. The third-order valence-corrected chi connectivity index (χ3v) is 17.2. The van der Waals surface area contributed by atoms with Gasteiger partial charge in [-0.15, -0.1) is 0 Å². The second-order valence-corrected chi connectivity index (χ2v) is 22.0. The van der Waals surface area contributed by atoms with E-state index in [9.17, 15) is 0 Å². The van der Waals surface area contributed by atoms with Crippen molar-refractivity contribution < 1.29 is 0 Å². The monoisotopic (exact) mass is 986 g/mol. The van der Waals surface area contributed by atoms with Crippen molar-refractivity contribution in [2.24, 2.45) is 0 Å². The standard InChI is InChI=1S/C8H6N2Se3.C6H6Cl2Se.C4H4Se.C2H6S2.CHNSe.CH4.K/c9-5-11-3-7-1-2-8(13-7)4-12-6-10;7-3-5-1-2-6(4-8)9-5;1-2-4-5-3-1;1-4-2-3;2-1-3;;/h1-2H,3-4H2;1-2H,3-4H2;1-4H;3H,2H2,1H3;3H;1H4;/q;;;;;;+1/p-1/i/hD. The van der Waals surface area contributed by atoms with Crippen molar-refractivity contribution in [3.8, 4) is 14.9 Å². The van der Waals surface area contributed by atoms with Crippen LogP contribution in [0.4, 0.5) is 0 Å². The second kappa shape index (κ2) is 36.0. The molecule has 3 heterocycles. The van der Waals surface area contributed by atoms with Gasteiger partial charge in [0.15, 0.2) is 0 Å². The summed E-state index contributed by atoms with van der Waals surface area (Å²) >= 11 is 16.7. The van der Waals surface area contributed by atoms with E-state index in [1.54, 1.807) is 11.8 Å². The van der Waals surface area contributed by atoms with E-state index in [0.717, 1.165) is 73.6 Å². The van der Waals surface area contributed by atoms with Crippen LogP contribution in [0.5, 0.6) is 0 Å². The van der Waals surface area contributed by atoms with Crippen molar-refractivity contribution in [1.29, 1.82) is 16.9 Å². The van der Waals surface area contributed by atoms with Gasteiger partial charge in [-0.25, -0.2) is 0 Å². The number of thioether (sulfide) groups is 1. The molecule has 192 valence electrons. The van der Waals surface area contributed by atoms with Gasteiger partial charge in [-0.05, 0) is 6.26 Å². The molecule has 0 spiro atoms. The first-order chi connectivity index (χ1) is 17.6. The van der Waals surface area contributed by atoms with Crippen molar-refractivity contribution in [3.63, 3.8) is 0 Å². The Morgan fingerprint density at radius 1 is 0.917 bits per heavy atom. The van der Waals surface area contributed by atoms with Gasteiger partial charge >= 0.3 is 265 Å². The van der Waals surface area contributed by atoms with E-state index >= 15 is 0 Å². The van der Waals surface area contributed by atoms with Crippen LogP contribution in [0, 0.1) is 30.7 Å². The number of halogens is 2. The summed E-state index contributed by atoms with van der Waals surface area (Å²) < 4.78 is 12.0. The van der Waals surface area contributed by atoms with Gasteiger partial charge in [0.1, 0.15) is 1.12 Å². The number of hydrogen-bond donors (Lipinski definition) is 1. The van der Waals surface area contributed by atoms with Crippen LogP contribution in [0.25, 0.3) is 0 Å². The predicted molar refractivity (Wildman–Crippen MR) is 171 cm³/mol. The molecule has 0 bridgehead atoms. The van der Waals surface area contributed by atoms with Crippen molar-refractivity contribution in [2.45, 2.75) is 29.8 Å². The molecule has 3 aromatic heterocycles. The first kappa shape index (κ1) is 41.1. The number of rotatable bonds is 8. The van der Waals surface area contributed by atoms with Gasteiger partial charge in [-0.2, -0.15) is 24.3 Å². The maximum atomic E-state index is 8.43. The Morgan fingerprint density at radius 2 is 1.33 bits per heavy atom. The molecule has 0 aromatic carbocycles. The summed E-state index contributed by atoms with van der Waals surface area (Å²) in [5, 5.41) is 27.4. The van der Waals surface area contributed by atoms with Crippen LogP contribution >= 0.6 is 47.5 Å². The Kier molecular flexibility index (Phi) is 41.0. The summed E-state index contributed by atoms with van der Waals surface area (Å²) in [6.07, 6.45) is 1.99. The van der Waals surface area contributed by atoms with Gasteiger partial charge in [0, 0.05) is 5.08 Å². The summed E-state index contributed by atoms with van der Waals surface area (Å²) in [5.41, 5.74) is 0.410. The molecule has 0 aliphatic carbocycles. The van der Waals surface area contributed by atoms with Gasteiger partial charge in [-0.3, -0.25) is 0 Å². The van der Waals surface area contributed by atoms with Crippen LogP contribution < -0.4 is 0 Å². The number of alkyl halides is 2. The fourth-order valence-electron chi connectivity index (χ4n) is 1.58. The molecule has 0 aliphatic heterocycles. The van der Waals surface area contributed by atoms with Crippen molar-refractivity contribution in [1.82, 2.24) is 0 Å². The molecule has 0 aliphatic rings. The SMILES string of the molecule is C.ClCc1ccc(CCl)[se]1.N#C[Se]Cc1ccc(C[Se]C#N)[se]1.N#C[Se][K].[2H]SCSC.c1cc[se]c1. The van der Waals surface area contributed by atoms with E-state index in [2.05, 4.69) is 61.2 Å². The zero-order valence-electron chi connectivity index (χ0n) is 20.0. The average molecular weight is 981 g/mol. The Morgan fingerprint density at radius 3 is 1.56 bits per heavy atom. The summed E-state index contributed by atoms with van der Waals surface area (Å²) in [6.45, 7) is 0. The van der Waals surface area contributed by atoms with Crippen molar-refractivity contribution >= 4 is 172 Å². The molecule has 0 unspecified atom stereocenters. The number of thiol groups is 1. The predicted octanol–water partition coefficient (Wildman–Crippen LogP) is 4.21. The van der Waals surface area contributed by atoms with Crippen LogP contribution in [0.15, 0.2) is 46.3 Å². The van der Waals surface area contributed by atoms with Gasteiger partial charge in [0.05, 0.1) is 0 Å². The Bertz CT molecular complexity index is 922. The number of hydrogen-bond acceptors (Lipinski definition) is 5. The Hall–Kier alpha value is 2.94. The minimum atomic E-state index is 0. The van der Waals surface area contributed by atoms with Crippen molar-refractivity contribution in [2.75, 3.05) is 11.3 Å². The Labute approximate surface area is 303 Å². The molecule has 0 radical (unpaired) electrons. The van der Waals surface area contributed by atoms with E-state index in [1.807, 2.05) is 6.26 Å². The van der Waals surface area contributed by atoms with E-state index in [-0.39, 0.29) is 37.3 Å². The molecule has 14 heteroatoms. The van der Waals surface area contributed by atoms with Crippen LogP contribution in [0.2, 0.25) is 0 Å². The van der Waals surface area contributed by atoms with Gasteiger partial charge in [-0.1, -0.05) is 7.43 Å². The summed E-state index contributed by atoms with van der Waals surface area (Å²) in [4.78, 5) is 10.9. The normalized spacial score (nSPS) is 8.67. The molecule has 0 saturated heterocycles. The zero-order chi connectivity index (χ0) is 27.3. The fourth-order valence-corrected chi connectivity index (χ4v) is 10.1. The molecular formula is C22H26Cl2KN3S2Se6. The molecule has 36 heavy (non-hydrogen) atoms. The van der Waals surface area contributed by atoms with Crippen molar-refractivity contribution in [3.05, 3.63) is 64.0 Å². The molecular weight excluding hydrogens is 954 g/mol. The fraction of sp³-hybridized carbons (Fsp3) is 0.318. The summed E-state index contributed by atoms with van der Waals surface area (Å²) in [6, 6.07) is 12.6. The van der Waals surface area contributed by atoms with E-state index < -0.39 is 0 Å². The molecule has 3 rings (SSSR count). The van der Waals surface area contributed by atoms with E-state index in [1.165, 1.54) is 17.7 Å². The zero-order valence-corrected chi connectivity index (χ0v) is 35.6. The molecule has 0 N–H and O–H groups in total. The molecule has 0 atom stereocenters. The molecule has 3 nitrogen and oxygen atoms in total. The van der Waals surface area contributed by atoms with E-state index in [0.29, 0.717) is 60.9 Å². The first-order valence-electron chi connectivity index (χ1n) is 9.72. The van der Waals surface area contributed by atoms with Crippen LogP contribution in [-0.4, -0.2) is 137 Å². The molecule has 0 fully saturated rings. The van der Waals surface area contributed by atoms with Gasteiger partial charge in [0.25, 0.3) is 0 Å². The Balaban J connectivity index is -0.000000420. The number of nitriles is 3. The summed E-state index contributed by atoms with van der Waals surface area (Å²) in [7, 11) is 0. The minimum absolute atomic E-state index is 0. The number of nitrogens with zero attached hydrogens (tertiary/aromatic N) is 3. The molecule has 0 saturated carbocycles. The summed E-state index contributed by atoms with van der Waals surface area (Å²) in [5.74, 6) is 1.33. The molecule has 0 amide bonds. The third kappa shape index (κ3) is 29.9. The van der Waals surface area contributed by atoms with Crippen LogP contribution in [0.3, 0.4) is 0 Å². The topological polar surface area (TPSA) is 71.4 Å². The quantitative estimate of drug-likeness (QED) is 0.159.